The van der Waals surface area contributed by atoms with Gasteiger partial charge >= 0.3 is 6.09 Å². The van der Waals surface area contributed by atoms with Crippen LogP contribution in [0, 0.1) is 0 Å². The molecule has 0 aromatic carbocycles. The molecule has 0 bridgehead atoms. The molecule has 1 amide bonds. The van der Waals surface area contributed by atoms with Gasteiger partial charge in [-0.3, -0.25) is 0 Å². The molecule has 0 unspecified atom stereocenters. The Kier molecular flexibility index (Phi) is 3.04. The van der Waals surface area contributed by atoms with Crippen molar-refractivity contribution < 1.29 is 15.0 Å². The van der Waals surface area contributed by atoms with Gasteiger partial charge in [-0.25, -0.2) is 14.5 Å². The number of aliphatic hydroxyl groups excluding tert-OH is 1. The second-order valence-corrected chi connectivity index (χ2v) is 3.80. The van der Waals surface area contributed by atoms with Gasteiger partial charge in [0.25, 0.3) is 0 Å². The molecule has 7 nitrogen and oxygen atoms in total. The number of carboxylic acid groups (broad SMARTS) is 1. The third kappa shape index (κ3) is 2.13. The number of hydrogen-bond acceptors (Lipinski definition) is 4. The van der Waals surface area contributed by atoms with Crippen molar-refractivity contribution in [3.8, 4) is 0 Å². The normalized spacial score (nSPS) is 17.7. The molecule has 2 N–H and O–H groups in total. The van der Waals surface area contributed by atoms with E-state index in [0.29, 0.717) is 18.9 Å². The maximum Gasteiger partial charge on any atom is 0.407 e. The van der Waals surface area contributed by atoms with Crippen molar-refractivity contribution in [2.24, 2.45) is 0 Å². The molecule has 1 aromatic rings. The molecule has 88 valence electrons. The number of likely N-dealkylation sites (tertiary alicyclic amines) is 1. The monoisotopic (exact) mass is 226 g/mol. The molecule has 0 aliphatic carbocycles. The molecule has 1 aliphatic heterocycles. The Bertz CT molecular complexity index is 371. The largest absolute Gasteiger partial charge is 0.465 e. The van der Waals surface area contributed by atoms with Crippen LogP contribution in [-0.4, -0.2) is 49.1 Å². The van der Waals surface area contributed by atoms with E-state index in [1.807, 2.05) is 0 Å². The van der Waals surface area contributed by atoms with Gasteiger partial charge in [0.1, 0.15) is 12.9 Å². The zero-order valence-corrected chi connectivity index (χ0v) is 8.78. The number of hydrogen-bond donors (Lipinski definition) is 2. The van der Waals surface area contributed by atoms with Crippen LogP contribution < -0.4 is 0 Å². The molecule has 0 saturated carbocycles. The predicted molar refractivity (Wildman–Crippen MR) is 53.8 cm³/mol. The van der Waals surface area contributed by atoms with Crippen molar-refractivity contribution in [1.29, 1.82) is 0 Å². The average molecular weight is 226 g/mol. The molecular formula is C9H14N4O3. The van der Waals surface area contributed by atoms with E-state index in [-0.39, 0.29) is 12.6 Å². The van der Waals surface area contributed by atoms with E-state index in [0.717, 1.165) is 12.8 Å². The first-order chi connectivity index (χ1) is 7.70. The first kappa shape index (κ1) is 10.9. The van der Waals surface area contributed by atoms with Crippen molar-refractivity contribution >= 4 is 6.09 Å². The molecule has 0 atom stereocenters. The van der Waals surface area contributed by atoms with Gasteiger partial charge in [0, 0.05) is 13.1 Å². The number of piperidine rings is 1. The van der Waals surface area contributed by atoms with Crippen LogP contribution in [0.15, 0.2) is 6.33 Å². The molecule has 1 saturated heterocycles. The van der Waals surface area contributed by atoms with Crippen LogP contribution in [0.25, 0.3) is 0 Å². The van der Waals surface area contributed by atoms with Crippen molar-refractivity contribution in [2.75, 3.05) is 13.1 Å². The van der Waals surface area contributed by atoms with E-state index < -0.39 is 6.09 Å². The van der Waals surface area contributed by atoms with Crippen LogP contribution in [0.4, 0.5) is 4.79 Å². The summed E-state index contributed by atoms with van der Waals surface area (Å²) in [6, 6.07) is 0.184. The minimum atomic E-state index is -0.868. The molecule has 2 heterocycles. The number of nitrogens with zero attached hydrogens (tertiary/aromatic N) is 4. The standard InChI is InChI=1S/C9H14N4O3/c14-5-8-10-6-13(11-8)7-1-3-12(4-2-7)9(15)16/h6-7,14H,1-5H2,(H,15,16). The van der Waals surface area contributed by atoms with E-state index in [9.17, 15) is 4.79 Å². The van der Waals surface area contributed by atoms with Gasteiger partial charge in [0.2, 0.25) is 0 Å². The summed E-state index contributed by atoms with van der Waals surface area (Å²) >= 11 is 0. The molecule has 1 fully saturated rings. The Morgan fingerprint density at radius 1 is 1.50 bits per heavy atom. The minimum Gasteiger partial charge on any atom is -0.465 e. The van der Waals surface area contributed by atoms with Crippen LogP contribution in [0.3, 0.4) is 0 Å². The first-order valence-corrected chi connectivity index (χ1v) is 5.19. The lowest BCUT2D eigenvalue weighted by Gasteiger charge is -2.29. The highest BCUT2D eigenvalue weighted by molar-refractivity contribution is 5.64. The lowest BCUT2D eigenvalue weighted by molar-refractivity contribution is 0.123. The zero-order chi connectivity index (χ0) is 11.5. The van der Waals surface area contributed by atoms with Gasteiger partial charge in [-0.2, -0.15) is 5.10 Å². The number of carbonyl (C=O) groups is 1. The van der Waals surface area contributed by atoms with Gasteiger partial charge < -0.3 is 15.1 Å². The van der Waals surface area contributed by atoms with Gasteiger partial charge in [0.15, 0.2) is 5.82 Å². The summed E-state index contributed by atoms with van der Waals surface area (Å²) in [5, 5.41) is 21.7. The van der Waals surface area contributed by atoms with Crippen LogP contribution in [0.5, 0.6) is 0 Å². The van der Waals surface area contributed by atoms with Crippen molar-refractivity contribution in [3.05, 3.63) is 12.2 Å². The summed E-state index contributed by atoms with van der Waals surface area (Å²) in [6.45, 7) is 0.879. The maximum absolute atomic E-state index is 10.7. The van der Waals surface area contributed by atoms with Crippen LogP contribution in [-0.2, 0) is 6.61 Å². The number of amides is 1. The molecule has 0 radical (unpaired) electrons. The molecule has 1 aliphatic rings. The SMILES string of the molecule is O=C(O)N1CCC(n2cnc(CO)n2)CC1. The number of aromatic nitrogens is 3. The van der Waals surface area contributed by atoms with Crippen molar-refractivity contribution in [1.82, 2.24) is 19.7 Å². The minimum absolute atomic E-state index is 0.166. The van der Waals surface area contributed by atoms with E-state index in [1.165, 1.54) is 4.90 Å². The van der Waals surface area contributed by atoms with Gasteiger partial charge in [-0.05, 0) is 12.8 Å². The van der Waals surface area contributed by atoms with Gasteiger partial charge in [-0.1, -0.05) is 0 Å². The Labute approximate surface area is 92.3 Å². The van der Waals surface area contributed by atoms with Gasteiger partial charge in [-0.15, -0.1) is 0 Å². The predicted octanol–water partition coefficient (Wildman–Crippen LogP) is 0.0853. The lowest BCUT2D eigenvalue weighted by Crippen LogP contribution is -2.38. The highest BCUT2D eigenvalue weighted by Crippen LogP contribution is 2.21. The molecule has 7 heteroatoms. The van der Waals surface area contributed by atoms with Crippen LogP contribution in [0.2, 0.25) is 0 Å². The first-order valence-electron chi connectivity index (χ1n) is 5.19. The fourth-order valence-electron chi connectivity index (χ4n) is 1.88. The second-order valence-electron chi connectivity index (χ2n) is 3.80. The Hall–Kier alpha value is -1.63. The summed E-state index contributed by atoms with van der Waals surface area (Å²) in [5.41, 5.74) is 0. The van der Waals surface area contributed by atoms with Crippen LogP contribution in [0.1, 0.15) is 24.7 Å². The Balaban J connectivity index is 1.96. The second kappa shape index (κ2) is 4.48. The molecule has 1 aromatic heterocycles. The van der Waals surface area contributed by atoms with E-state index in [2.05, 4.69) is 10.1 Å². The zero-order valence-electron chi connectivity index (χ0n) is 8.78. The van der Waals surface area contributed by atoms with Crippen molar-refractivity contribution in [3.63, 3.8) is 0 Å². The topological polar surface area (TPSA) is 91.5 Å². The van der Waals surface area contributed by atoms with Gasteiger partial charge in [0.05, 0.1) is 6.04 Å². The highest BCUT2D eigenvalue weighted by atomic mass is 16.4. The molecule has 2 rings (SSSR count). The smallest absolute Gasteiger partial charge is 0.407 e. The van der Waals surface area contributed by atoms with Crippen molar-refractivity contribution in [2.45, 2.75) is 25.5 Å². The molecular weight excluding hydrogens is 212 g/mol. The summed E-state index contributed by atoms with van der Waals surface area (Å²) in [7, 11) is 0. The Morgan fingerprint density at radius 2 is 2.19 bits per heavy atom. The fraction of sp³-hybridized carbons (Fsp3) is 0.667. The average Bonchev–Trinajstić information content (AvgIpc) is 2.77. The molecule has 16 heavy (non-hydrogen) atoms. The number of aliphatic hydroxyl groups is 1. The maximum atomic E-state index is 10.7. The van der Waals surface area contributed by atoms with E-state index in [1.54, 1.807) is 11.0 Å². The highest BCUT2D eigenvalue weighted by Gasteiger charge is 2.23. The number of rotatable bonds is 2. The van der Waals surface area contributed by atoms with E-state index >= 15 is 0 Å². The molecule has 0 spiro atoms. The Morgan fingerprint density at radius 3 is 2.69 bits per heavy atom. The fourth-order valence-corrected chi connectivity index (χ4v) is 1.88. The lowest BCUT2D eigenvalue weighted by atomic mass is 10.1. The third-order valence-corrected chi connectivity index (χ3v) is 2.81. The summed E-state index contributed by atoms with van der Waals surface area (Å²) in [5.74, 6) is 0.403. The summed E-state index contributed by atoms with van der Waals surface area (Å²) in [6.07, 6.45) is 2.20. The summed E-state index contributed by atoms with van der Waals surface area (Å²) < 4.78 is 1.71. The third-order valence-electron chi connectivity index (χ3n) is 2.81. The van der Waals surface area contributed by atoms with Crippen LogP contribution >= 0.6 is 0 Å². The van der Waals surface area contributed by atoms with E-state index in [4.69, 9.17) is 10.2 Å². The summed E-state index contributed by atoms with van der Waals surface area (Å²) in [4.78, 5) is 16.0. The quantitative estimate of drug-likeness (QED) is 0.745.